The van der Waals surface area contributed by atoms with E-state index in [2.05, 4.69) is 10.3 Å². The fraction of sp³-hybridized carbons (Fsp3) is 0.353. The summed E-state index contributed by atoms with van der Waals surface area (Å²) in [5.41, 5.74) is 1.69. The quantitative estimate of drug-likeness (QED) is 0.882. The number of nitrogens with one attached hydrogen (secondary N) is 1. The molecule has 0 aliphatic carbocycles. The van der Waals surface area contributed by atoms with E-state index in [-0.39, 0.29) is 23.3 Å². The maximum absolute atomic E-state index is 13.6. The van der Waals surface area contributed by atoms with Crippen molar-refractivity contribution in [2.75, 3.05) is 19.6 Å². The molecule has 2 heterocycles. The van der Waals surface area contributed by atoms with E-state index in [1.54, 1.807) is 32.3 Å². The predicted molar refractivity (Wildman–Crippen MR) is 96.9 cm³/mol. The first-order valence-corrected chi connectivity index (χ1v) is 9.24. The Morgan fingerprint density at radius 2 is 1.96 bits per heavy atom. The summed E-state index contributed by atoms with van der Waals surface area (Å²) >= 11 is 0. The molecule has 0 amide bonds. The molecular formula is C17H21ClFN3O2S. The first-order valence-electron chi connectivity index (χ1n) is 7.80. The first-order chi connectivity index (χ1) is 11.4. The zero-order chi connectivity index (χ0) is 17.3. The normalized spacial score (nSPS) is 18.6. The molecule has 2 aromatic rings. The van der Waals surface area contributed by atoms with Crippen molar-refractivity contribution in [2.24, 2.45) is 0 Å². The Morgan fingerprint density at radius 3 is 2.56 bits per heavy atom. The van der Waals surface area contributed by atoms with Gasteiger partial charge in [-0.25, -0.2) is 12.8 Å². The van der Waals surface area contributed by atoms with Gasteiger partial charge in [0.2, 0.25) is 10.0 Å². The molecule has 1 aromatic heterocycles. The average Bonchev–Trinajstić information content (AvgIpc) is 2.54. The minimum Gasteiger partial charge on any atom is -0.313 e. The van der Waals surface area contributed by atoms with E-state index in [4.69, 9.17) is 0 Å². The Labute approximate surface area is 153 Å². The minimum absolute atomic E-state index is 0. The highest BCUT2D eigenvalue weighted by Gasteiger charge is 2.36. The van der Waals surface area contributed by atoms with E-state index in [0.29, 0.717) is 30.8 Å². The van der Waals surface area contributed by atoms with Crippen molar-refractivity contribution in [2.45, 2.75) is 24.8 Å². The van der Waals surface area contributed by atoms with Gasteiger partial charge in [-0.15, -0.1) is 12.4 Å². The standard InChI is InChI=1S/C17H20FN3O2S.ClH/c1-12-8-15(18)9-13(2)17(12)24(22,23)21-7-6-20-11-16(21)14-4-3-5-19-10-14;/h3-5,8-10,16,20H,6-7,11H2,1-2H3;1H. The molecule has 3 rings (SSSR count). The van der Waals surface area contributed by atoms with Gasteiger partial charge in [-0.2, -0.15) is 4.31 Å². The average molecular weight is 386 g/mol. The van der Waals surface area contributed by atoms with E-state index < -0.39 is 15.8 Å². The fourth-order valence-electron chi connectivity index (χ4n) is 3.25. The van der Waals surface area contributed by atoms with Crippen molar-refractivity contribution in [3.05, 3.63) is 59.2 Å². The number of sulfonamides is 1. The van der Waals surface area contributed by atoms with Crippen LogP contribution >= 0.6 is 12.4 Å². The Morgan fingerprint density at radius 1 is 1.28 bits per heavy atom. The van der Waals surface area contributed by atoms with Crippen molar-refractivity contribution in [1.29, 1.82) is 0 Å². The number of benzene rings is 1. The number of hydrogen-bond donors (Lipinski definition) is 1. The summed E-state index contributed by atoms with van der Waals surface area (Å²) in [6.45, 7) is 4.71. The van der Waals surface area contributed by atoms with Gasteiger partial charge in [-0.05, 0) is 48.7 Å². The highest BCUT2D eigenvalue weighted by Crippen LogP contribution is 2.31. The number of piperazine rings is 1. The van der Waals surface area contributed by atoms with E-state index >= 15 is 0 Å². The molecule has 1 aliphatic heterocycles. The maximum atomic E-state index is 13.6. The summed E-state index contributed by atoms with van der Waals surface area (Å²) in [6.07, 6.45) is 3.34. The van der Waals surface area contributed by atoms with Gasteiger partial charge in [0.15, 0.2) is 0 Å². The third kappa shape index (κ3) is 3.84. The van der Waals surface area contributed by atoms with Crippen molar-refractivity contribution >= 4 is 22.4 Å². The van der Waals surface area contributed by atoms with Gasteiger partial charge in [0.05, 0.1) is 10.9 Å². The molecule has 0 saturated carbocycles. The Balaban J connectivity index is 0.00000225. The van der Waals surface area contributed by atoms with Gasteiger partial charge in [0.1, 0.15) is 5.82 Å². The van der Waals surface area contributed by atoms with Gasteiger partial charge >= 0.3 is 0 Å². The molecule has 1 unspecified atom stereocenters. The number of hydrogen-bond acceptors (Lipinski definition) is 4. The van der Waals surface area contributed by atoms with Crippen LogP contribution in [-0.2, 0) is 10.0 Å². The largest absolute Gasteiger partial charge is 0.313 e. The number of rotatable bonds is 3. The third-order valence-electron chi connectivity index (χ3n) is 4.26. The van der Waals surface area contributed by atoms with Crippen LogP contribution in [0.4, 0.5) is 4.39 Å². The molecule has 1 aliphatic rings. The number of aryl methyl sites for hydroxylation is 2. The number of nitrogens with zero attached hydrogens (tertiary/aromatic N) is 2. The van der Waals surface area contributed by atoms with Crippen molar-refractivity contribution < 1.29 is 12.8 Å². The van der Waals surface area contributed by atoms with E-state index in [1.807, 2.05) is 6.07 Å². The lowest BCUT2D eigenvalue weighted by molar-refractivity contribution is 0.271. The van der Waals surface area contributed by atoms with E-state index in [0.717, 1.165) is 5.56 Å². The second kappa shape index (κ2) is 7.78. The molecule has 1 N–H and O–H groups in total. The zero-order valence-electron chi connectivity index (χ0n) is 14.1. The Kier molecular flexibility index (Phi) is 6.16. The topological polar surface area (TPSA) is 62.3 Å². The summed E-state index contributed by atoms with van der Waals surface area (Å²) < 4.78 is 41.6. The maximum Gasteiger partial charge on any atom is 0.244 e. The number of pyridine rings is 1. The Bertz CT molecular complexity index is 823. The lowest BCUT2D eigenvalue weighted by atomic mass is 10.1. The second-order valence-corrected chi connectivity index (χ2v) is 7.82. The number of halogens is 2. The predicted octanol–water partition coefficient (Wildman–Crippen LogP) is 2.59. The van der Waals surface area contributed by atoms with Crippen molar-refractivity contribution in [3.8, 4) is 0 Å². The smallest absolute Gasteiger partial charge is 0.244 e. The third-order valence-corrected chi connectivity index (χ3v) is 6.47. The SMILES string of the molecule is Cc1cc(F)cc(C)c1S(=O)(=O)N1CCNCC1c1cccnc1.Cl. The molecule has 8 heteroatoms. The summed E-state index contributed by atoms with van der Waals surface area (Å²) in [5.74, 6) is -0.423. The monoisotopic (exact) mass is 385 g/mol. The number of aromatic nitrogens is 1. The van der Waals surface area contributed by atoms with Gasteiger partial charge in [-0.3, -0.25) is 4.98 Å². The van der Waals surface area contributed by atoms with Gasteiger partial charge in [0.25, 0.3) is 0 Å². The molecule has 0 radical (unpaired) electrons. The van der Waals surface area contributed by atoms with Crippen LogP contribution in [0.15, 0.2) is 41.6 Å². The summed E-state index contributed by atoms with van der Waals surface area (Å²) in [6, 6.07) is 5.87. The van der Waals surface area contributed by atoms with Gasteiger partial charge in [-0.1, -0.05) is 6.07 Å². The highest BCUT2D eigenvalue weighted by atomic mass is 35.5. The molecule has 0 spiro atoms. The zero-order valence-corrected chi connectivity index (χ0v) is 15.7. The van der Waals surface area contributed by atoms with Crippen LogP contribution in [0, 0.1) is 19.7 Å². The molecule has 1 aromatic carbocycles. The summed E-state index contributed by atoms with van der Waals surface area (Å²) in [5, 5.41) is 3.23. The van der Waals surface area contributed by atoms with Gasteiger partial charge < -0.3 is 5.32 Å². The van der Waals surface area contributed by atoms with E-state index in [1.165, 1.54) is 16.4 Å². The molecule has 5 nitrogen and oxygen atoms in total. The van der Waals surface area contributed by atoms with Crippen LogP contribution in [-0.4, -0.2) is 37.3 Å². The molecule has 0 bridgehead atoms. The highest BCUT2D eigenvalue weighted by molar-refractivity contribution is 7.89. The molecular weight excluding hydrogens is 365 g/mol. The lowest BCUT2D eigenvalue weighted by Crippen LogP contribution is -2.48. The Hall–Kier alpha value is -1.54. The van der Waals surface area contributed by atoms with Crippen LogP contribution in [0.25, 0.3) is 0 Å². The summed E-state index contributed by atoms with van der Waals surface area (Å²) in [7, 11) is -3.74. The lowest BCUT2D eigenvalue weighted by Gasteiger charge is -2.36. The molecule has 136 valence electrons. The minimum atomic E-state index is -3.74. The van der Waals surface area contributed by atoms with Crippen LogP contribution in [0.2, 0.25) is 0 Å². The van der Waals surface area contributed by atoms with Crippen molar-refractivity contribution in [3.63, 3.8) is 0 Å². The van der Waals surface area contributed by atoms with Crippen molar-refractivity contribution in [1.82, 2.24) is 14.6 Å². The van der Waals surface area contributed by atoms with Crippen LogP contribution in [0.5, 0.6) is 0 Å². The van der Waals surface area contributed by atoms with Crippen LogP contribution in [0.3, 0.4) is 0 Å². The summed E-state index contributed by atoms with van der Waals surface area (Å²) in [4.78, 5) is 4.29. The molecule has 25 heavy (non-hydrogen) atoms. The van der Waals surface area contributed by atoms with Crippen LogP contribution in [0.1, 0.15) is 22.7 Å². The molecule has 1 saturated heterocycles. The second-order valence-electron chi connectivity index (χ2n) is 5.99. The van der Waals surface area contributed by atoms with Crippen LogP contribution < -0.4 is 5.32 Å². The molecule has 1 atom stereocenters. The fourth-order valence-corrected chi connectivity index (χ4v) is 5.28. The first kappa shape index (κ1) is 19.8. The van der Waals surface area contributed by atoms with E-state index in [9.17, 15) is 12.8 Å². The van der Waals surface area contributed by atoms with Gasteiger partial charge in [0, 0.05) is 32.0 Å². The molecule has 1 fully saturated rings.